The van der Waals surface area contributed by atoms with Gasteiger partial charge in [-0.1, -0.05) is 76.2 Å². The molecule has 0 N–H and O–H groups in total. The molecular formula is C27H52. The minimum atomic E-state index is 0.528. The Morgan fingerprint density at radius 2 is 1.04 bits per heavy atom. The van der Waals surface area contributed by atoms with E-state index in [4.69, 9.17) is 0 Å². The number of hydrogen-bond acceptors (Lipinski definition) is 0. The molecule has 0 saturated heterocycles. The predicted molar refractivity (Wildman–Crippen MR) is 122 cm³/mol. The van der Waals surface area contributed by atoms with Gasteiger partial charge in [0.25, 0.3) is 0 Å². The molecule has 27 heavy (non-hydrogen) atoms. The third-order valence-electron chi connectivity index (χ3n) is 8.76. The zero-order valence-electron chi connectivity index (χ0n) is 20.8. The molecule has 0 aromatic heterocycles. The van der Waals surface area contributed by atoms with Crippen LogP contribution in [0.1, 0.15) is 115 Å². The fraction of sp³-hybridized carbons (Fsp3) is 1.00. The van der Waals surface area contributed by atoms with Gasteiger partial charge in [-0.2, -0.15) is 0 Å². The molecule has 0 amide bonds. The SMILES string of the molecule is CC(C)(C)C1CCC(C(C)(C)C)C1.CC(C)C1C[C@H]2CC1CC2C(C)(C)C. The minimum absolute atomic E-state index is 0.528. The lowest BCUT2D eigenvalue weighted by Gasteiger charge is -2.37. The summed E-state index contributed by atoms with van der Waals surface area (Å²) in [7, 11) is 0. The summed E-state index contributed by atoms with van der Waals surface area (Å²) in [6.07, 6.45) is 8.95. The second kappa shape index (κ2) is 8.02. The summed E-state index contributed by atoms with van der Waals surface area (Å²) >= 11 is 0. The minimum Gasteiger partial charge on any atom is -0.0625 e. The Labute approximate surface area is 172 Å². The van der Waals surface area contributed by atoms with Crippen molar-refractivity contribution in [3.05, 3.63) is 0 Å². The highest BCUT2D eigenvalue weighted by Gasteiger charge is 2.49. The molecule has 6 atom stereocenters. The summed E-state index contributed by atoms with van der Waals surface area (Å²) < 4.78 is 0. The van der Waals surface area contributed by atoms with Crippen molar-refractivity contribution in [2.75, 3.05) is 0 Å². The molecule has 0 aliphatic heterocycles. The maximum atomic E-state index is 2.43. The van der Waals surface area contributed by atoms with Crippen molar-refractivity contribution in [3.63, 3.8) is 0 Å². The first-order valence-electron chi connectivity index (χ1n) is 12.1. The Hall–Kier alpha value is 0. The molecule has 3 saturated carbocycles. The van der Waals surface area contributed by atoms with E-state index >= 15 is 0 Å². The summed E-state index contributed by atoms with van der Waals surface area (Å²) in [5.41, 5.74) is 1.61. The second-order valence-electron chi connectivity index (χ2n) is 14.0. The van der Waals surface area contributed by atoms with Crippen LogP contribution in [0, 0.1) is 57.7 Å². The van der Waals surface area contributed by atoms with Gasteiger partial charge in [0.1, 0.15) is 0 Å². The Kier molecular flexibility index (Phi) is 6.92. The number of fused-ring (bicyclic) bond motifs is 2. The van der Waals surface area contributed by atoms with Gasteiger partial charge in [0, 0.05) is 0 Å². The second-order valence-corrected chi connectivity index (χ2v) is 14.0. The smallest absolute Gasteiger partial charge is 0.0334 e. The van der Waals surface area contributed by atoms with E-state index in [0.717, 1.165) is 41.4 Å². The van der Waals surface area contributed by atoms with Gasteiger partial charge < -0.3 is 0 Å². The van der Waals surface area contributed by atoms with Crippen LogP contribution in [-0.4, -0.2) is 0 Å². The van der Waals surface area contributed by atoms with E-state index in [1.54, 1.807) is 6.42 Å². The molecule has 2 bridgehead atoms. The maximum Gasteiger partial charge on any atom is -0.0334 e. The van der Waals surface area contributed by atoms with Crippen LogP contribution in [0.5, 0.6) is 0 Å². The van der Waals surface area contributed by atoms with Crippen molar-refractivity contribution >= 4 is 0 Å². The fourth-order valence-electron chi connectivity index (χ4n) is 6.75. The Morgan fingerprint density at radius 3 is 1.30 bits per heavy atom. The van der Waals surface area contributed by atoms with Crippen LogP contribution in [0.3, 0.4) is 0 Å². The Morgan fingerprint density at radius 1 is 0.556 bits per heavy atom. The summed E-state index contributed by atoms with van der Waals surface area (Å²) in [6, 6.07) is 0. The van der Waals surface area contributed by atoms with Gasteiger partial charge in [0.05, 0.1) is 0 Å². The number of hydrogen-bond donors (Lipinski definition) is 0. The van der Waals surface area contributed by atoms with Crippen LogP contribution in [0.15, 0.2) is 0 Å². The quantitative estimate of drug-likeness (QED) is 0.428. The van der Waals surface area contributed by atoms with Crippen LogP contribution < -0.4 is 0 Å². The normalized spacial score (nSPS) is 36.9. The maximum absolute atomic E-state index is 2.43. The zero-order chi connectivity index (χ0) is 20.8. The van der Waals surface area contributed by atoms with Crippen molar-refractivity contribution in [3.8, 4) is 0 Å². The van der Waals surface area contributed by atoms with E-state index in [-0.39, 0.29) is 0 Å². The monoisotopic (exact) mass is 376 g/mol. The van der Waals surface area contributed by atoms with Crippen LogP contribution in [-0.2, 0) is 0 Å². The summed E-state index contributed by atoms with van der Waals surface area (Å²) in [5, 5.41) is 0. The molecule has 3 rings (SSSR count). The topological polar surface area (TPSA) is 0 Å². The molecule has 5 unspecified atom stereocenters. The molecule has 160 valence electrons. The van der Waals surface area contributed by atoms with Gasteiger partial charge in [-0.15, -0.1) is 0 Å². The van der Waals surface area contributed by atoms with E-state index in [2.05, 4.69) is 76.2 Å². The van der Waals surface area contributed by atoms with Gasteiger partial charge in [0.15, 0.2) is 0 Å². The highest BCUT2D eigenvalue weighted by atomic mass is 14.5. The molecule has 0 aromatic rings. The molecule has 3 aliphatic carbocycles. The molecule has 0 spiro atoms. The van der Waals surface area contributed by atoms with Crippen molar-refractivity contribution in [1.29, 1.82) is 0 Å². The standard InChI is InChI=1S/C14H26.C13H26/c1-9(2)12-7-11-6-10(12)8-13(11)14(3,4)5;1-12(2,3)10-7-8-11(9-10)13(4,5)6/h9-13H,6-8H2,1-5H3;10-11H,7-9H2,1-6H3/t10?,11-,12?,13?;/m1./s1. The number of rotatable bonds is 1. The van der Waals surface area contributed by atoms with Crippen molar-refractivity contribution in [2.24, 2.45) is 57.7 Å². The molecule has 3 fully saturated rings. The van der Waals surface area contributed by atoms with E-state index < -0.39 is 0 Å². The van der Waals surface area contributed by atoms with Gasteiger partial charge in [-0.05, 0) is 96.2 Å². The Bertz CT molecular complexity index is 444. The van der Waals surface area contributed by atoms with E-state index in [1.807, 2.05) is 0 Å². The first-order valence-corrected chi connectivity index (χ1v) is 12.1. The third-order valence-corrected chi connectivity index (χ3v) is 8.76. The first kappa shape index (κ1) is 23.3. The largest absolute Gasteiger partial charge is 0.0625 e. The predicted octanol–water partition coefficient (Wildman–Crippen LogP) is 8.85. The zero-order valence-corrected chi connectivity index (χ0v) is 20.8. The molecule has 0 nitrogen and oxygen atoms in total. The van der Waals surface area contributed by atoms with Gasteiger partial charge in [-0.3, -0.25) is 0 Å². The lowest BCUT2D eigenvalue weighted by molar-refractivity contribution is 0.119. The van der Waals surface area contributed by atoms with E-state index in [0.29, 0.717) is 16.2 Å². The summed E-state index contributed by atoms with van der Waals surface area (Å²) in [6.45, 7) is 26.5. The van der Waals surface area contributed by atoms with Crippen molar-refractivity contribution in [1.82, 2.24) is 0 Å². The van der Waals surface area contributed by atoms with E-state index in [9.17, 15) is 0 Å². The van der Waals surface area contributed by atoms with Crippen LogP contribution in [0.4, 0.5) is 0 Å². The molecule has 0 heterocycles. The highest BCUT2D eigenvalue weighted by molar-refractivity contribution is 4.99. The van der Waals surface area contributed by atoms with Crippen LogP contribution >= 0.6 is 0 Å². The lowest BCUT2D eigenvalue weighted by atomic mass is 9.68. The van der Waals surface area contributed by atoms with Crippen LogP contribution in [0.25, 0.3) is 0 Å². The van der Waals surface area contributed by atoms with Crippen molar-refractivity contribution in [2.45, 2.75) is 115 Å². The average molecular weight is 377 g/mol. The molecule has 0 aromatic carbocycles. The molecule has 3 aliphatic rings. The first-order chi connectivity index (χ1) is 12.1. The molecule has 0 radical (unpaired) electrons. The third kappa shape index (κ3) is 5.76. The van der Waals surface area contributed by atoms with Gasteiger partial charge >= 0.3 is 0 Å². The molecule has 0 heteroatoms. The van der Waals surface area contributed by atoms with Crippen LogP contribution in [0.2, 0.25) is 0 Å². The van der Waals surface area contributed by atoms with Gasteiger partial charge in [0.2, 0.25) is 0 Å². The molecular weight excluding hydrogens is 324 g/mol. The summed E-state index contributed by atoms with van der Waals surface area (Å²) in [5.74, 6) is 7.04. The fourth-order valence-corrected chi connectivity index (χ4v) is 6.75. The van der Waals surface area contributed by atoms with Crippen molar-refractivity contribution < 1.29 is 0 Å². The Balaban J connectivity index is 0.000000194. The van der Waals surface area contributed by atoms with Gasteiger partial charge in [-0.25, -0.2) is 0 Å². The van der Waals surface area contributed by atoms with E-state index in [1.165, 1.54) is 32.1 Å². The average Bonchev–Trinajstić information content (AvgIpc) is 3.20. The highest BCUT2D eigenvalue weighted by Crippen LogP contribution is 2.58. The summed E-state index contributed by atoms with van der Waals surface area (Å²) in [4.78, 5) is 0. The lowest BCUT2D eigenvalue weighted by Crippen LogP contribution is -2.29.